The van der Waals surface area contributed by atoms with Crippen LogP contribution in [0.4, 0.5) is 0 Å². The zero-order valence-corrected chi connectivity index (χ0v) is 18.0. The van der Waals surface area contributed by atoms with Gasteiger partial charge in [-0.15, -0.1) is 0 Å². The van der Waals surface area contributed by atoms with Gasteiger partial charge in [-0.2, -0.15) is 4.73 Å². The molecule has 1 amide bonds. The third-order valence-corrected chi connectivity index (χ3v) is 5.08. The summed E-state index contributed by atoms with van der Waals surface area (Å²) in [7, 11) is 0. The lowest BCUT2D eigenvalue weighted by Crippen LogP contribution is -2.32. The second kappa shape index (κ2) is 9.44. The Kier molecular flexibility index (Phi) is 6.72. The molecule has 0 bridgehead atoms. The molecule has 3 aromatic rings. The minimum absolute atomic E-state index is 0.0896. The van der Waals surface area contributed by atoms with Crippen LogP contribution in [0.3, 0.4) is 0 Å². The first kappa shape index (κ1) is 21.4. The van der Waals surface area contributed by atoms with Crippen molar-refractivity contribution in [2.24, 2.45) is 0 Å². The Balaban J connectivity index is 1.73. The van der Waals surface area contributed by atoms with E-state index in [1.165, 1.54) is 18.0 Å². The van der Waals surface area contributed by atoms with Crippen molar-refractivity contribution in [3.8, 4) is 5.75 Å². The number of pyridine rings is 1. The lowest BCUT2D eigenvalue weighted by molar-refractivity contribution is -0.605. The number of amides is 1. The third-order valence-electron chi connectivity index (χ3n) is 5.08. The molecule has 0 fully saturated rings. The second-order valence-electron chi connectivity index (χ2n) is 7.60. The molecule has 0 aliphatic heterocycles. The summed E-state index contributed by atoms with van der Waals surface area (Å²) in [4.78, 5) is 14.6. The van der Waals surface area contributed by atoms with Gasteiger partial charge in [0.15, 0.2) is 12.4 Å². The average molecular weight is 405 g/mol. The van der Waals surface area contributed by atoms with E-state index in [9.17, 15) is 10.0 Å². The van der Waals surface area contributed by atoms with Crippen molar-refractivity contribution in [2.75, 3.05) is 6.54 Å². The number of rotatable bonds is 7. The van der Waals surface area contributed by atoms with Crippen molar-refractivity contribution < 1.29 is 14.3 Å². The SMILES string of the molecule is CCN(Cc1cc(C)c(OCc2cccc(C)c2)c(C)c1)C(=O)c1cc[n+]([O-])cc1. The van der Waals surface area contributed by atoms with Crippen molar-refractivity contribution in [2.45, 2.75) is 40.8 Å². The Morgan fingerprint density at radius 2 is 1.67 bits per heavy atom. The summed E-state index contributed by atoms with van der Waals surface area (Å²) >= 11 is 0. The van der Waals surface area contributed by atoms with Gasteiger partial charge in [-0.3, -0.25) is 4.79 Å². The monoisotopic (exact) mass is 404 g/mol. The van der Waals surface area contributed by atoms with E-state index < -0.39 is 0 Å². The molecule has 2 aromatic carbocycles. The Morgan fingerprint density at radius 3 is 2.27 bits per heavy atom. The zero-order valence-electron chi connectivity index (χ0n) is 18.0. The lowest BCUT2D eigenvalue weighted by Gasteiger charge is -2.22. The maximum Gasteiger partial charge on any atom is 0.254 e. The van der Waals surface area contributed by atoms with Gasteiger partial charge in [-0.25, -0.2) is 0 Å². The Labute approximate surface area is 178 Å². The van der Waals surface area contributed by atoms with Crippen molar-refractivity contribution in [1.29, 1.82) is 0 Å². The van der Waals surface area contributed by atoms with E-state index in [4.69, 9.17) is 4.74 Å². The van der Waals surface area contributed by atoms with Crippen molar-refractivity contribution >= 4 is 5.91 Å². The summed E-state index contributed by atoms with van der Waals surface area (Å²) in [6, 6.07) is 15.6. The number of aromatic nitrogens is 1. The number of carbonyl (C=O) groups excluding carboxylic acids is 1. The van der Waals surface area contributed by atoms with Crippen molar-refractivity contribution in [3.63, 3.8) is 0 Å². The number of nitrogens with zero attached hydrogens (tertiary/aromatic N) is 2. The molecule has 0 saturated carbocycles. The molecule has 1 aromatic heterocycles. The second-order valence-corrected chi connectivity index (χ2v) is 7.60. The van der Waals surface area contributed by atoms with Gasteiger partial charge >= 0.3 is 0 Å². The highest BCUT2D eigenvalue weighted by Gasteiger charge is 2.17. The first-order valence-electron chi connectivity index (χ1n) is 10.1. The molecule has 0 spiro atoms. The Bertz CT molecular complexity index is 1010. The van der Waals surface area contributed by atoms with E-state index >= 15 is 0 Å². The van der Waals surface area contributed by atoms with Crippen LogP contribution in [0.1, 0.15) is 45.1 Å². The van der Waals surface area contributed by atoms with Crippen LogP contribution >= 0.6 is 0 Å². The van der Waals surface area contributed by atoms with Gasteiger partial charge in [0.25, 0.3) is 5.91 Å². The molecule has 5 heteroatoms. The van der Waals surface area contributed by atoms with E-state index in [-0.39, 0.29) is 5.91 Å². The predicted molar refractivity (Wildman–Crippen MR) is 117 cm³/mol. The van der Waals surface area contributed by atoms with E-state index in [2.05, 4.69) is 37.3 Å². The molecule has 0 atom stereocenters. The van der Waals surface area contributed by atoms with Gasteiger partial charge in [-0.1, -0.05) is 42.0 Å². The predicted octanol–water partition coefficient (Wildman–Crippen LogP) is 4.49. The molecule has 1 heterocycles. The first-order valence-corrected chi connectivity index (χ1v) is 10.1. The summed E-state index contributed by atoms with van der Waals surface area (Å²) in [6.07, 6.45) is 2.69. The quantitative estimate of drug-likeness (QED) is 0.431. The van der Waals surface area contributed by atoms with E-state index in [1.54, 1.807) is 17.0 Å². The number of hydrogen-bond donors (Lipinski definition) is 0. The van der Waals surface area contributed by atoms with Crippen LogP contribution in [0.25, 0.3) is 0 Å². The molecule has 3 rings (SSSR count). The lowest BCUT2D eigenvalue weighted by atomic mass is 10.0. The molecular formula is C25H28N2O3. The molecule has 30 heavy (non-hydrogen) atoms. The molecule has 0 N–H and O–H groups in total. The normalized spacial score (nSPS) is 10.7. The van der Waals surface area contributed by atoms with Gasteiger partial charge in [0, 0.05) is 25.2 Å². The number of ether oxygens (including phenoxy) is 1. The number of benzene rings is 2. The maximum absolute atomic E-state index is 12.8. The zero-order chi connectivity index (χ0) is 21.7. The van der Waals surface area contributed by atoms with E-state index in [1.807, 2.05) is 26.8 Å². The molecule has 5 nitrogen and oxygen atoms in total. The van der Waals surface area contributed by atoms with Gasteiger partial charge in [0.2, 0.25) is 0 Å². The van der Waals surface area contributed by atoms with Crippen molar-refractivity contribution in [1.82, 2.24) is 4.90 Å². The Hall–Kier alpha value is -3.34. The Morgan fingerprint density at radius 1 is 1.00 bits per heavy atom. The number of carbonyl (C=O) groups is 1. The number of hydrogen-bond acceptors (Lipinski definition) is 3. The summed E-state index contributed by atoms with van der Waals surface area (Å²) in [5, 5.41) is 11.2. The van der Waals surface area contributed by atoms with E-state index in [0.717, 1.165) is 28.0 Å². The van der Waals surface area contributed by atoms with Gasteiger partial charge < -0.3 is 14.8 Å². The van der Waals surface area contributed by atoms with Gasteiger partial charge in [0.1, 0.15) is 12.4 Å². The molecule has 0 radical (unpaired) electrons. The first-order chi connectivity index (χ1) is 14.4. The molecule has 156 valence electrons. The minimum Gasteiger partial charge on any atom is -0.619 e. The van der Waals surface area contributed by atoms with Crippen LogP contribution in [0.5, 0.6) is 5.75 Å². The van der Waals surface area contributed by atoms with Crippen molar-refractivity contribution in [3.05, 3.63) is 99.5 Å². The fourth-order valence-corrected chi connectivity index (χ4v) is 3.60. The summed E-state index contributed by atoms with van der Waals surface area (Å²) in [5.74, 6) is 0.797. The van der Waals surface area contributed by atoms with Crippen LogP contribution < -0.4 is 9.47 Å². The molecular weight excluding hydrogens is 376 g/mol. The van der Waals surface area contributed by atoms with Crippen LogP contribution in [0.2, 0.25) is 0 Å². The number of aryl methyl sites for hydroxylation is 3. The average Bonchev–Trinajstić information content (AvgIpc) is 2.71. The largest absolute Gasteiger partial charge is 0.619 e. The van der Waals surface area contributed by atoms with Crippen LogP contribution in [-0.4, -0.2) is 17.4 Å². The van der Waals surface area contributed by atoms with Gasteiger partial charge in [-0.05, 0) is 49.9 Å². The highest BCUT2D eigenvalue weighted by molar-refractivity contribution is 5.93. The molecule has 0 unspecified atom stereocenters. The third kappa shape index (κ3) is 5.17. The fourth-order valence-electron chi connectivity index (χ4n) is 3.60. The smallest absolute Gasteiger partial charge is 0.254 e. The topological polar surface area (TPSA) is 56.5 Å². The molecule has 0 aliphatic carbocycles. The fraction of sp³-hybridized carbons (Fsp3) is 0.280. The minimum atomic E-state index is -0.0896. The van der Waals surface area contributed by atoms with Crippen LogP contribution in [0, 0.1) is 26.0 Å². The standard InChI is InChI=1S/C25H28N2O3/c1-5-26(25(28)23-9-11-27(29)12-10-23)16-22-14-19(3)24(20(4)15-22)30-17-21-8-6-7-18(2)13-21/h6-15H,5,16-17H2,1-4H3. The van der Waals surface area contributed by atoms with Crippen LogP contribution in [-0.2, 0) is 13.2 Å². The van der Waals surface area contributed by atoms with Gasteiger partial charge in [0.05, 0.1) is 5.56 Å². The molecule has 0 aliphatic rings. The molecule has 0 saturated heterocycles. The highest BCUT2D eigenvalue weighted by atomic mass is 16.5. The maximum atomic E-state index is 12.8. The summed E-state index contributed by atoms with van der Waals surface area (Å²) in [5.41, 5.74) is 6.02. The summed E-state index contributed by atoms with van der Waals surface area (Å²) in [6.45, 7) is 9.69. The highest BCUT2D eigenvalue weighted by Crippen LogP contribution is 2.27. The van der Waals surface area contributed by atoms with Crippen LogP contribution in [0.15, 0.2) is 60.9 Å². The van der Waals surface area contributed by atoms with E-state index in [0.29, 0.717) is 30.0 Å². The summed E-state index contributed by atoms with van der Waals surface area (Å²) < 4.78 is 6.79.